The number of carbonyl (C=O) groups excluding carboxylic acids is 7. The normalized spacial score (nSPS) is 22.1. The molecule has 2 saturated heterocycles. The Hall–Kier alpha value is -7.64. The molecule has 0 aromatic heterocycles. The molecule has 6 amide bonds. The highest BCUT2D eigenvalue weighted by molar-refractivity contribution is 7.99. The maximum absolute atomic E-state index is 13.0. The van der Waals surface area contributed by atoms with Gasteiger partial charge in [0.15, 0.2) is 6.29 Å². The highest BCUT2D eigenvalue weighted by Gasteiger charge is 2.56. The number of carboxylic acids is 1. The van der Waals surface area contributed by atoms with Crippen LogP contribution in [0.4, 0.5) is 10.5 Å². The van der Waals surface area contributed by atoms with E-state index < -0.39 is 134 Å². The van der Waals surface area contributed by atoms with Crippen LogP contribution in [0.1, 0.15) is 78.7 Å². The summed E-state index contributed by atoms with van der Waals surface area (Å²) < 4.78 is 23.4. The lowest BCUT2D eigenvalue weighted by molar-refractivity contribution is -0.310. The van der Waals surface area contributed by atoms with E-state index in [1.54, 1.807) is 72.8 Å². The number of aliphatic carboxylic acids is 1. The maximum Gasteiger partial charge on any atom is 0.364 e. The number of hydrogen-bond donors (Lipinski definition) is 13. The molecule has 25 nitrogen and oxygen atoms in total. The molecular formula is C68H84N6O19S2. The first kappa shape index (κ1) is 74.8. The molecule has 2 fully saturated rings. The molecule has 0 spiro atoms. The van der Waals surface area contributed by atoms with E-state index in [-0.39, 0.29) is 31.0 Å². The van der Waals surface area contributed by atoms with Crippen molar-refractivity contribution in [1.82, 2.24) is 26.6 Å². The Balaban J connectivity index is 0.745. The highest BCUT2D eigenvalue weighted by atomic mass is 32.2. The lowest BCUT2D eigenvalue weighted by atomic mass is 9.88. The van der Waals surface area contributed by atoms with Gasteiger partial charge < -0.3 is 86.6 Å². The molecule has 2 aliphatic rings. The summed E-state index contributed by atoms with van der Waals surface area (Å²) in [5, 5.41) is 92.9. The fraction of sp³-hybridized carbons (Fsp3) is 0.441. The molecule has 512 valence electrons. The largest absolute Gasteiger partial charge is 0.477 e. The second kappa shape index (κ2) is 37.0. The van der Waals surface area contributed by atoms with Gasteiger partial charge in [0, 0.05) is 81.7 Å². The number of carbonyl (C=O) groups is 8. The molecule has 27 heteroatoms. The number of ether oxygens (including phenoxy) is 4. The smallest absolute Gasteiger partial charge is 0.364 e. The second-order valence-corrected chi connectivity index (χ2v) is 25.5. The van der Waals surface area contributed by atoms with Crippen molar-refractivity contribution >= 4 is 76.9 Å². The van der Waals surface area contributed by atoms with Gasteiger partial charge in [-0.25, -0.2) is 9.59 Å². The predicted molar refractivity (Wildman–Crippen MR) is 355 cm³/mol. The Morgan fingerprint density at radius 3 is 1.54 bits per heavy atom. The number of amides is 6. The van der Waals surface area contributed by atoms with Crippen LogP contribution in [0.3, 0.4) is 0 Å². The molecule has 95 heavy (non-hydrogen) atoms. The van der Waals surface area contributed by atoms with Gasteiger partial charge in [-0.15, -0.1) is 0 Å². The molecule has 0 unspecified atom stereocenters. The summed E-state index contributed by atoms with van der Waals surface area (Å²) in [7, 11) is 0. The topological polar surface area (TPSA) is 387 Å². The van der Waals surface area contributed by atoms with Crippen molar-refractivity contribution < 1.29 is 93.0 Å². The standard InChI is InChI=1S/C68H84N6O19S2/c1-42(76)72-57-53(79)37-67(41-75,92-61(57)59(83)55(81)39-70-63(85)49-23-19-47(20-24-49)45-12-5-3-6-13-45)90-30-10-34-95-35-29-69-66(89)74-51-27-17-44(18-28-51)36-52(78)16-9-32-94-33-11-31-91-68(65(87)88)38-54(80)58(73-43(2)77)62(93-68)60(84)56(82)40-71-64(86)50-25-21-48(22-26-50)46-14-7-4-8-15-46/h3-8,12-15,17-28,41,53-62,79-84H,9-11,16,29-40H2,1-2H3,(H,70,85)(H,71,86)(H,72,76)(H,73,77)(H,87,88)(H2,69,74,89)/t53-,54-,55+,56+,57+,58+,59+,60+,61+,62+,67+,68+/m0/s1. The minimum absolute atomic E-state index is 0.00659. The lowest BCUT2D eigenvalue weighted by Gasteiger charge is -2.46. The monoisotopic (exact) mass is 1350 g/mol. The average molecular weight is 1350 g/mol. The van der Waals surface area contributed by atoms with Crippen LogP contribution in [-0.2, 0) is 49.3 Å². The number of nitrogens with one attached hydrogen (secondary N) is 6. The van der Waals surface area contributed by atoms with Gasteiger partial charge in [0.25, 0.3) is 17.6 Å². The number of rotatable bonds is 36. The van der Waals surface area contributed by atoms with Crippen LogP contribution in [-0.4, -0.2) is 212 Å². The summed E-state index contributed by atoms with van der Waals surface area (Å²) in [6.45, 7) is 1.58. The van der Waals surface area contributed by atoms with Crippen molar-refractivity contribution in [2.24, 2.45) is 0 Å². The van der Waals surface area contributed by atoms with Crippen molar-refractivity contribution in [2.45, 2.75) is 131 Å². The first-order valence-corrected chi connectivity index (χ1v) is 33.5. The molecular weight excluding hydrogens is 1270 g/mol. The van der Waals surface area contributed by atoms with E-state index in [2.05, 4.69) is 31.9 Å². The predicted octanol–water partition coefficient (Wildman–Crippen LogP) is 3.60. The van der Waals surface area contributed by atoms with Crippen LogP contribution < -0.4 is 31.9 Å². The number of aliphatic hydroxyl groups is 6. The van der Waals surface area contributed by atoms with Gasteiger partial charge >= 0.3 is 12.0 Å². The molecule has 12 atom stereocenters. The van der Waals surface area contributed by atoms with Gasteiger partial charge in [-0.05, 0) is 101 Å². The minimum Gasteiger partial charge on any atom is -0.477 e. The van der Waals surface area contributed by atoms with Crippen molar-refractivity contribution in [3.8, 4) is 22.3 Å². The number of hydrogen-bond acceptors (Lipinski definition) is 20. The van der Waals surface area contributed by atoms with Crippen LogP contribution in [0.2, 0.25) is 0 Å². The summed E-state index contributed by atoms with van der Waals surface area (Å²) in [5.41, 5.74) is 5.53. The van der Waals surface area contributed by atoms with Crippen LogP contribution in [0.25, 0.3) is 22.3 Å². The maximum atomic E-state index is 13.0. The van der Waals surface area contributed by atoms with Gasteiger partial charge in [0.2, 0.25) is 17.6 Å². The zero-order chi connectivity index (χ0) is 68.5. The summed E-state index contributed by atoms with van der Waals surface area (Å²) in [5.74, 6) is -6.18. The quantitative estimate of drug-likeness (QED) is 0.0201. The van der Waals surface area contributed by atoms with E-state index in [0.717, 1.165) is 34.7 Å². The molecule has 2 aliphatic heterocycles. The number of thioether (sulfide) groups is 2. The number of benzene rings is 5. The lowest BCUT2D eigenvalue weighted by Crippen LogP contribution is -2.68. The molecule has 0 radical (unpaired) electrons. The van der Waals surface area contributed by atoms with Crippen molar-refractivity contribution in [2.75, 3.05) is 61.2 Å². The second-order valence-electron chi connectivity index (χ2n) is 23.1. The Bertz CT molecular complexity index is 3310. The first-order valence-electron chi connectivity index (χ1n) is 31.2. The number of aldehydes is 1. The van der Waals surface area contributed by atoms with Crippen molar-refractivity contribution in [3.05, 3.63) is 150 Å². The molecule has 13 N–H and O–H groups in total. The van der Waals surface area contributed by atoms with Gasteiger partial charge in [-0.2, -0.15) is 23.5 Å². The number of ketones is 1. The van der Waals surface area contributed by atoms with Crippen molar-refractivity contribution in [3.63, 3.8) is 0 Å². The Morgan fingerprint density at radius 1 is 0.579 bits per heavy atom. The molecule has 2 heterocycles. The van der Waals surface area contributed by atoms with E-state index >= 15 is 0 Å². The summed E-state index contributed by atoms with van der Waals surface area (Å²) >= 11 is 3.01. The summed E-state index contributed by atoms with van der Waals surface area (Å²) in [6, 6.07) is 36.5. The molecule has 0 saturated carbocycles. The Labute approximate surface area is 558 Å². The minimum atomic E-state index is -2.46. The third-order valence-corrected chi connectivity index (χ3v) is 18.0. The SMILES string of the molecule is CC(=O)N[C@H]1[C@H]([C@H](O)[C@H](O)CNC(=O)c2ccc(-c3ccccc3)cc2)O[C@](C=O)(OCCCSCCNC(=O)Nc2ccc(CC(=O)CCCSCCCO[C@]3(C(=O)O)C[C@H](O)[C@@H](NC(C)=O)[C@H]([C@H](O)[C@H](O)CNC(=O)c4ccc(-c5ccccc5)cc4)O3)cc2)C[C@@H]1O. The zero-order valence-electron chi connectivity index (χ0n) is 52.7. The summed E-state index contributed by atoms with van der Waals surface area (Å²) in [4.78, 5) is 101. The number of Topliss-reactive ketones (excluding diaryl/α,β-unsaturated/α-hetero) is 1. The Morgan fingerprint density at radius 2 is 1.04 bits per heavy atom. The summed E-state index contributed by atoms with van der Waals surface area (Å²) in [6.07, 6.45) is -12.2. The van der Waals surface area contributed by atoms with Gasteiger partial charge in [-0.1, -0.05) is 97.1 Å². The van der Waals surface area contributed by atoms with Crippen molar-refractivity contribution in [1.29, 1.82) is 0 Å². The molecule has 5 aromatic carbocycles. The fourth-order valence-corrected chi connectivity index (χ4v) is 12.5. The number of urea groups is 1. The average Bonchev–Trinajstić information content (AvgIpc) is 0.783. The van der Waals surface area contributed by atoms with E-state index in [1.165, 1.54) is 30.4 Å². The Kier molecular flexibility index (Phi) is 29.1. The van der Waals surface area contributed by atoms with Crippen LogP contribution in [0.15, 0.2) is 133 Å². The van der Waals surface area contributed by atoms with E-state index in [1.807, 2.05) is 60.7 Å². The fourth-order valence-electron chi connectivity index (χ4n) is 10.8. The number of aliphatic hydroxyl groups excluding tert-OH is 6. The van der Waals surface area contributed by atoms with Crippen LogP contribution in [0.5, 0.6) is 0 Å². The molecule has 0 bridgehead atoms. The first-order chi connectivity index (χ1) is 45.6. The third kappa shape index (κ3) is 22.5. The highest BCUT2D eigenvalue weighted by Crippen LogP contribution is 2.35. The van der Waals surface area contributed by atoms with Gasteiger partial charge in [-0.3, -0.25) is 28.8 Å². The van der Waals surface area contributed by atoms with E-state index in [9.17, 15) is 74.1 Å². The zero-order valence-corrected chi connectivity index (χ0v) is 54.3. The third-order valence-electron chi connectivity index (χ3n) is 15.8. The van der Waals surface area contributed by atoms with Crippen LogP contribution >= 0.6 is 23.5 Å². The van der Waals surface area contributed by atoms with E-state index in [0.29, 0.717) is 72.8 Å². The van der Waals surface area contributed by atoms with E-state index in [4.69, 9.17) is 18.9 Å². The molecule has 7 rings (SSSR count). The van der Waals surface area contributed by atoms with Gasteiger partial charge in [0.05, 0.1) is 49.7 Å². The number of carboxylic acid groups (broad SMARTS) is 1. The van der Waals surface area contributed by atoms with Gasteiger partial charge in [0.1, 0.15) is 30.2 Å². The molecule has 5 aromatic rings. The molecule has 0 aliphatic carbocycles. The number of anilines is 1. The van der Waals surface area contributed by atoms with Crippen LogP contribution in [0, 0.1) is 0 Å².